The van der Waals surface area contributed by atoms with Gasteiger partial charge in [0.2, 0.25) is 11.8 Å². The maximum absolute atomic E-state index is 14.1. The number of piperidine rings is 2. The number of likely N-dealkylation sites (N-methyl/N-ethyl adjacent to an activating group) is 1. The third-order valence-electron chi connectivity index (χ3n) is 9.65. The number of H-pyrrole nitrogens is 1. The highest BCUT2D eigenvalue weighted by atomic mass is 16.2. The minimum absolute atomic E-state index is 0.0530. The van der Waals surface area contributed by atoms with Crippen molar-refractivity contribution >= 4 is 28.7 Å². The number of carbonyl (C=O) groups is 3. The van der Waals surface area contributed by atoms with E-state index in [-0.39, 0.29) is 35.2 Å². The standard InChI is InChI=1S/C33H42N6O3/c1-38(2)30(40)26-20-33(27-9-5-3-8-25(26)27)13-17-39(18-14-33)31(41)29(37-32(42)36-23-11-15-34-16-12-23)19-22-21-35-28-10-6-4-7-24(22)28/h3-10,21,23,26,29,34-35H,11-20H2,1-2H3,(H2,36,37,42)/t26-,29?/m1/s1. The highest BCUT2D eigenvalue weighted by Crippen LogP contribution is 2.52. The van der Waals surface area contributed by atoms with Crippen molar-refractivity contribution in [1.82, 2.24) is 30.7 Å². The molecule has 1 aromatic heterocycles. The Balaban J connectivity index is 1.19. The van der Waals surface area contributed by atoms with Crippen molar-refractivity contribution in [2.24, 2.45) is 0 Å². The number of aromatic amines is 1. The van der Waals surface area contributed by atoms with Crippen LogP contribution in [0.5, 0.6) is 0 Å². The van der Waals surface area contributed by atoms with Gasteiger partial charge in [-0.1, -0.05) is 42.5 Å². The number of rotatable bonds is 6. The number of fused-ring (bicyclic) bond motifs is 3. The maximum atomic E-state index is 14.1. The van der Waals surface area contributed by atoms with E-state index in [0.717, 1.165) is 67.2 Å². The molecule has 0 bridgehead atoms. The topological polar surface area (TPSA) is 110 Å². The van der Waals surface area contributed by atoms with E-state index in [4.69, 9.17) is 0 Å². The van der Waals surface area contributed by atoms with Crippen molar-refractivity contribution < 1.29 is 14.4 Å². The Morgan fingerprint density at radius 2 is 1.74 bits per heavy atom. The normalized spacial score (nSPS) is 20.7. The smallest absolute Gasteiger partial charge is 0.315 e. The average molecular weight is 571 g/mol. The molecular weight excluding hydrogens is 528 g/mol. The molecule has 9 heteroatoms. The average Bonchev–Trinajstić information content (AvgIpc) is 3.56. The Morgan fingerprint density at radius 1 is 1.02 bits per heavy atom. The van der Waals surface area contributed by atoms with E-state index in [0.29, 0.717) is 19.5 Å². The Morgan fingerprint density at radius 3 is 2.50 bits per heavy atom. The Hall–Kier alpha value is -3.85. The van der Waals surface area contributed by atoms with Gasteiger partial charge in [-0.05, 0) is 68.0 Å². The van der Waals surface area contributed by atoms with Gasteiger partial charge in [0.1, 0.15) is 6.04 Å². The molecule has 0 radical (unpaired) electrons. The van der Waals surface area contributed by atoms with E-state index in [1.165, 1.54) is 5.56 Å². The zero-order chi connectivity index (χ0) is 29.3. The van der Waals surface area contributed by atoms with Gasteiger partial charge in [0.15, 0.2) is 0 Å². The largest absolute Gasteiger partial charge is 0.361 e. The van der Waals surface area contributed by atoms with Gasteiger partial charge >= 0.3 is 6.03 Å². The highest BCUT2D eigenvalue weighted by molar-refractivity contribution is 5.90. The molecule has 4 N–H and O–H groups in total. The predicted molar refractivity (Wildman–Crippen MR) is 163 cm³/mol. The van der Waals surface area contributed by atoms with E-state index in [2.05, 4.69) is 39.1 Å². The Kier molecular flexibility index (Phi) is 7.94. The second-order valence-corrected chi connectivity index (χ2v) is 12.4. The monoisotopic (exact) mass is 570 g/mol. The molecule has 2 saturated heterocycles. The zero-order valence-corrected chi connectivity index (χ0v) is 24.6. The van der Waals surface area contributed by atoms with Crippen molar-refractivity contribution in [3.05, 3.63) is 71.4 Å². The van der Waals surface area contributed by atoms with Crippen molar-refractivity contribution in [3.63, 3.8) is 0 Å². The number of benzene rings is 2. The van der Waals surface area contributed by atoms with Gasteiger partial charge in [-0.3, -0.25) is 9.59 Å². The lowest BCUT2D eigenvalue weighted by Gasteiger charge is -2.41. The summed E-state index contributed by atoms with van der Waals surface area (Å²) in [5.41, 5.74) is 4.29. The number of likely N-dealkylation sites (tertiary alicyclic amines) is 1. The van der Waals surface area contributed by atoms with E-state index in [1.54, 1.807) is 4.90 Å². The van der Waals surface area contributed by atoms with Gasteiger partial charge in [-0.25, -0.2) is 4.79 Å². The van der Waals surface area contributed by atoms with Crippen LogP contribution in [0.2, 0.25) is 0 Å². The Labute approximate surface area is 247 Å². The molecule has 1 aliphatic carbocycles. The van der Waals surface area contributed by atoms with Crippen LogP contribution in [0, 0.1) is 0 Å². The number of urea groups is 1. The molecule has 3 aliphatic rings. The molecule has 2 aromatic carbocycles. The lowest BCUT2D eigenvalue weighted by atomic mass is 9.73. The van der Waals surface area contributed by atoms with E-state index in [1.807, 2.05) is 55.5 Å². The predicted octanol–water partition coefficient (Wildman–Crippen LogP) is 3.27. The number of carbonyl (C=O) groups excluding carboxylic acids is 3. The quantitative estimate of drug-likeness (QED) is 0.365. The molecule has 2 atom stereocenters. The number of hydrogen-bond donors (Lipinski definition) is 4. The molecular formula is C33H42N6O3. The number of hydrogen-bond acceptors (Lipinski definition) is 4. The number of aromatic nitrogens is 1. The first-order chi connectivity index (χ1) is 20.3. The van der Waals surface area contributed by atoms with Crippen LogP contribution in [0.15, 0.2) is 54.7 Å². The number of nitrogens with one attached hydrogen (secondary N) is 4. The van der Waals surface area contributed by atoms with E-state index in [9.17, 15) is 14.4 Å². The SMILES string of the molecule is CN(C)C(=O)[C@@H]1CC2(CCN(C(=O)C(Cc3c[nH]c4ccccc34)NC(=O)NC3CCNCC3)CC2)c2ccccc21. The third-order valence-corrected chi connectivity index (χ3v) is 9.65. The second-order valence-electron chi connectivity index (χ2n) is 12.4. The lowest BCUT2D eigenvalue weighted by Crippen LogP contribution is -2.56. The van der Waals surface area contributed by atoms with Crippen molar-refractivity contribution in [2.75, 3.05) is 40.3 Å². The summed E-state index contributed by atoms with van der Waals surface area (Å²) in [6, 6.07) is 15.5. The minimum atomic E-state index is -0.682. The van der Waals surface area contributed by atoms with Gasteiger partial charge in [-0.15, -0.1) is 0 Å². The third kappa shape index (κ3) is 5.50. The molecule has 3 aromatic rings. The highest BCUT2D eigenvalue weighted by Gasteiger charge is 2.48. The summed E-state index contributed by atoms with van der Waals surface area (Å²) in [5.74, 6) is -0.0585. The van der Waals surface area contributed by atoms with Gasteiger partial charge in [0.05, 0.1) is 5.92 Å². The molecule has 1 spiro atoms. The summed E-state index contributed by atoms with van der Waals surface area (Å²) in [6.45, 7) is 2.95. The van der Waals surface area contributed by atoms with Gasteiger partial charge in [0.25, 0.3) is 0 Å². The van der Waals surface area contributed by atoms with Crippen LogP contribution in [-0.4, -0.2) is 85.0 Å². The Bertz CT molecular complexity index is 1450. The molecule has 2 aliphatic heterocycles. The molecule has 222 valence electrons. The molecule has 2 fully saturated rings. The van der Waals surface area contributed by atoms with Gasteiger partial charge < -0.3 is 30.7 Å². The van der Waals surface area contributed by atoms with Crippen LogP contribution < -0.4 is 16.0 Å². The summed E-state index contributed by atoms with van der Waals surface area (Å²) in [5, 5.41) is 10.5. The van der Waals surface area contributed by atoms with Crippen LogP contribution in [0.3, 0.4) is 0 Å². The first kappa shape index (κ1) is 28.3. The van der Waals surface area contributed by atoms with E-state index < -0.39 is 6.04 Å². The van der Waals surface area contributed by atoms with Crippen LogP contribution >= 0.6 is 0 Å². The summed E-state index contributed by atoms with van der Waals surface area (Å²) < 4.78 is 0. The van der Waals surface area contributed by atoms with Crippen LogP contribution in [0.4, 0.5) is 4.79 Å². The second kappa shape index (κ2) is 11.8. The summed E-state index contributed by atoms with van der Waals surface area (Å²) in [7, 11) is 3.64. The fourth-order valence-corrected chi connectivity index (χ4v) is 7.35. The molecule has 4 amide bonds. The van der Waals surface area contributed by atoms with Gasteiger partial charge in [0, 0.05) is 62.2 Å². The number of amides is 4. The number of para-hydroxylation sites is 1. The van der Waals surface area contributed by atoms with Crippen LogP contribution in [0.1, 0.15) is 54.7 Å². The lowest BCUT2D eigenvalue weighted by molar-refractivity contribution is -0.135. The maximum Gasteiger partial charge on any atom is 0.315 e. The first-order valence-corrected chi connectivity index (χ1v) is 15.3. The molecule has 0 saturated carbocycles. The summed E-state index contributed by atoms with van der Waals surface area (Å²) >= 11 is 0. The fourth-order valence-electron chi connectivity index (χ4n) is 7.35. The van der Waals surface area contributed by atoms with Gasteiger partial charge in [-0.2, -0.15) is 0 Å². The molecule has 1 unspecified atom stereocenters. The number of nitrogens with zero attached hydrogens (tertiary/aromatic N) is 2. The molecule has 6 rings (SSSR count). The van der Waals surface area contributed by atoms with Crippen molar-refractivity contribution in [3.8, 4) is 0 Å². The zero-order valence-electron chi connectivity index (χ0n) is 24.6. The fraction of sp³-hybridized carbons (Fsp3) is 0.485. The van der Waals surface area contributed by atoms with Crippen molar-refractivity contribution in [2.45, 2.75) is 61.9 Å². The van der Waals surface area contributed by atoms with Crippen LogP contribution in [0.25, 0.3) is 10.9 Å². The molecule has 3 heterocycles. The molecule has 9 nitrogen and oxygen atoms in total. The molecule has 42 heavy (non-hydrogen) atoms. The first-order valence-electron chi connectivity index (χ1n) is 15.3. The summed E-state index contributed by atoms with van der Waals surface area (Å²) in [6.07, 6.45) is 6.48. The summed E-state index contributed by atoms with van der Waals surface area (Å²) in [4.78, 5) is 47.2. The van der Waals surface area contributed by atoms with Crippen LogP contribution in [-0.2, 0) is 21.4 Å². The van der Waals surface area contributed by atoms with Crippen molar-refractivity contribution in [1.29, 1.82) is 0 Å². The minimum Gasteiger partial charge on any atom is -0.361 e. The van der Waals surface area contributed by atoms with E-state index >= 15 is 0 Å².